The van der Waals surface area contributed by atoms with Crippen LogP contribution in [0.4, 0.5) is 0 Å². The second-order valence-corrected chi connectivity index (χ2v) is 6.93. The second-order valence-electron chi connectivity index (χ2n) is 6.93. The zero-order chi connectivity index (χ0) is 15.7. The Morgan fingerprint density at radius 3 is 2.32 bits per heavy atom. The molecular weight excluding hydrogens is 274 g/mol. The van der Waals surface area contributed by atoms with E-state index in [1.165, 1.54) is 10.9 Å². The minimum atomic E-state index is 0.102. The van der Waals surface area contributed by atoms with Crippen molar-refractivity contribution in [3.05, 3.63) is 47.5 Å². The predicted molar refractivity (Wildman–Crippen MR) is 89.4 cm³/mol. The number of nitrogens with zero attached hydrogens (tertiary/aromatic N) is 1. The second kappa shape index (κ2) is 5.73. The molecule has 116 valence electrons. The Balaban J connectivity index is 1.91. The molecule has 0 spiro atoms. The number of hydrogen-bond donors (Lipinski definition) is 0. The van der Waals surface area contributed by atoms with Crippen LogP contribution in [0.3, 0.4) is 0 Å². The maximum Gasteiger partial charge on any atom is 0.254 e. The molecule has 0 bridgehead atoms. The first-order valence-corrected chi connectivity index (χ1v) is 7.86. The lowest BCUT2D eigenvalue weighted by molar-refractivity contribution is 0.0303. The van der Waals surface area contributed by atoms with Crippen LogP contribution in [0.15, 0.2) is 36.4 Å². The smallest absolute Gasteiger partial charge is 0.254 e. The van der Waals surface area contributed by atoms with E-state index in [4.69, 9.17) is 4.74 Å². The van der Waals surface area contributed by atoms with Crippen molar-refractivity contribution in [2.75, 3.05) is 26.3 Å². The van der Waals surface area contributed by atoms with E-state index in [2.05, 4.69) is 45.0 Å². The van der Waals surface area contributed by atoms with Crippen molar-refractivity contribution in [2.45, 2.75) is 26.2 Å². The van der Waals surface area contributed by atoms with Crippen LogP contribution in [-0.2, 0) is 10.2 Å². The Labute approximate surface area is 131 Å². The van der Waals surface area contributed by atoms with Gasteiger partial charge < -0.3 is 9.64 Å². The number of fused-ring (bicyclic) bond motifs is 1. The normalized spacial score (nSPS) is 16.0. The Morgan fingerprint density at radius 1 is 1.00 bits per heavy atom. The molecule has 1 fully saturated rings. The first-order chi connectivity index (χ1) is 10.4. The molecular formula is C19H23NO2. The van der Waals surface area contributed by atoms with Gasteiger partial charge in [0.2, 0.25) is 0 Å². The summed E-state index contributed by atoms with van der Waals surface area (Å²) in [6.07, 6.45) is 0. The van der Waals surface area contributed by atoms with Gasteiger partial charge in [-0.2, -0.15) is 0 Å². The average molecular weight is 297 g/mol. The molecule has 22 heavy (non-hydrogen) atoms. The van der Waals surface area contributed by atoms with Crippen LogP contribution in [0.25, 0.3) is 10.8 Å². The van der Waals surface area contributed by atoms with E-state index in [-0.39, 0.29) is 11.3 Å². The van der Waals surface area contributed by atoms with Crippen LogP contribution in [-0.4, -0.2) is 37.1 Å². The van der Waals surface area contributed by atoms with Gasteiger partial charge in [0.1, 0.15) is 0 Å². The van der Waals surface area contributed by atoms with Crippen LogP contribution in [0.2, 0.25) is 0 Å². The molecule has 0 N–H and O–H groups in total. The molecule has 1 aliphatic rings. The van der Waals surface area contributed by atoms with E-state index >= 15 is 0 Å². The maximum absolute atomic E-state index is 12.5. The zero-order valence-electron chi connectivity index (χ0n) is 13.6. The molecule has 3 heteroatoms. The fraction of sp³-hybridized carbons (Fsp3) is 0.421. The Morgan fingerprint density at radius 2 is 1.64 bits per heavy atom. The van der Waals surface area contributed by atoms with E-state index in [1.807, 2.05) is 17.0 Å². The Kier molecular flexibility index (Phi) is 3.92. The van der Waals surface area contributed by atoms with Gasteiger partial charge in [-0.05, 0) is 33.9 Å². The summed E-state index contributed by atoms with van der Waals surface area (Å²) in [5.74, 6) is 0.102. The molecule has 0 atom stereocenters. The zero-order valence-corrected chi connectivity index (χ0v) is 13.6. The highest BCUT2D eigenvalue weighted by molar-refractivity contribution is 5.98. The summed E-state index contributed by atoms with van der Waals surface area (Å²) in [5.41, 5.74) is 2.21. The molecule has 0 radical (unpaired) electrons. The molecule has 3 nitrogen and oxygen atoms in total. The summed E-state index contributed by atoms with van der Waals surface area (Å²) in [6.45, 7) is 9.27. The molecule has 2 aromatic rings. The third-order valence-electron chi connectivity index (χ3n) is 4.25. The van der Waals surface area contributed by atoms with E-state index in [0.29, 0.717) is 26.3 Å². The molecule has 3 rings (SSSR count). The number of benzene rings is 2. The van der Waals surface area contributed by atoms with Crippen LogP contribution < -0.4 is 0 Å². The third-order valence-corrected chi connectivity index (χ3v) is 4.25. The van der Waals surface area contributed by atoms with Crippen molar-refractivity contribution in [3.63, 3.8) is 0 Å². The molecule has 0 unspecified atom stereocenters. The Hall–Kier alpha value is -1.87. The minimum absolute atomic E-state index is 0.102. The summed E-state index contributed by atoms with van der Waals surface area (Å²) in [6, 6.07) is 12.5. The number of amides is 1. The van der Waals surface area contributed by atoms with Crippen molar-refractivity contribution >= 4 is 16.7 Å². The van der Waals surface area contributed by atoms with Crippen molar-refractivity contribution in [3.8, 4) is 0 Å². The van der Waals surface area contributed by atoms with Gasteiger partial charge in [0, 0.05) is 18.7 Å². The largest absolute Gasteiger partial charge is 0.378 e. The molecule has 1 saturated heterocycles. The summed E-state index contributed by atoms with van der Waals surface area (Å²) in [5, 5.41) is 2.30. The molecule has 0 saturated carbocycles. The van der Waals surface area contributed by atoms with Crippen molar-refractivity contribution in [2.24, 2.45) is 0 Å². The Bertz CT molecular complexity index is 694. The van der Waals surface area contributed by atoms with Crippen molar-refractivity contribution in [1.29, 1.82) is 0 Å². The van der Waals surface area contributed by atoms with Gasteiger partial charge in [0.25, 0.3) is 5.91 Å². The van der Waals surface area contributed by atoms with E-state index in [1.54, 1.807) is 0 Å². The number of morpholine rings is 1. The standard InChI is InChI=1S/C19H23NO2/c1-19(2,3)17-7-6-14-12-16(5-4-15(14)13-17)18(21)20-8-10-22-11-9-20/h4-7,12-13H,8-11H2,1-3H3. The number of rotatable bonds is 1. The average Bonchev–Trinajstić information content (AvgIpc) is 2.53. The number of carbonyl (C=O) groups excluding carboxylic acids is 1. The summed E-state index contributed by atoms with van der Waals surface area (Å²) in [4.78, 5) is 14.4. The molecule has 0 aliphatic carbocycles. The number of hydrogen-bond acceptors (Lipinski definition) is 2. The number of carbonyl (C=O) groups is 1. The third kappa shape index (κ3) is 3.00. The highest BCUT2D eigenvalue weighted by Gasteiger charge is 2.19. The highest BCUT2D eigenvalue weighted by Crippen LogP contribution is 2.27. The van der Waals surface area contributed by atoms with E-state index in [0.717, 1.165) is 10.9 Å². The molecule has 2 aromatic carbocycles. The number of ether oxygens (including phenoxy) is 1. The molecule has 1 aliphatic heterocycles. The fourth-order valence-corrected chi connectivity index (χ4v) is 2.79. The van der Waals surface area contributed by atoms with E-state index in [9.17, 15) is 4.79 Å². The lowest BCUT2D eigenvalue weighted by Gasteiger charge is -2.27. The van der Waals surface area contributed by atoms with Gasteiger partial charge in [0.05, 0.1) is 13.2 Å². The molecule has 1 amide bonds. The molecule has 0 aromatic heterocycles. The lowest BCUT2D eigenvalue weighted by Crippen LogP contribution is -2.40. The first kappa shape index (κ1) is 15.0. The van der Waals surface area contributed by atoms with Gasteiger partial charge in [-0.25, -0.2) is 0 Å². The van der Waals surface area contributed by atoms with Crippen LogP contribution in [0, 0.1) is 0 Å². The van der Waals surface area contributed by atoms with Gasteiger partial charge in [-0.3, -0.25) is 4.79 Å². The van der Waals surface area contributed by atoms with Gasteiger partial charge in [-0.15, -0.1) is 0 Å². The SMILES string of the molecule is CC(C)(C)c1ccc2cc(C(=O)N3CCOCC3)ccc2c1. The summed E-state index contributed by atoms with van der Waals surface area (Å²) < 4.78 is 5.31. The van der Waals surface area contributed by atoms with Gasteiger partial charge >= 0.3 is 0 Å². The maximum atomic E-state index is 12.5. The summed E-state index contributed by atoms with van der Waals surface area (Å²) in [7, 11) is 0. The van der Waals surface area contributed by atoms with Crippen molar-refractivity contribution in [1.82, 2.24) is 4.90 Å². The lowest BCUT2D eigenvalue weighted by atomic mass is 9.86. The molecule has 1 heterocycles. The first-order valence-electron chi connectivity index (χ1n) is 7.86. The van der Waals surface area contributed by atoms with Crippen molar-refractivity contribution < 1.29 is 9.53 Å². The van der Waals surface area contributed by atoms with Gasteiger partial charge in [-0.1, -0.05) is 45.0 Å². The van der Waals surface area contributed by atoms with Gasteiger partial charge in [0.15, 0.2) is 0 Å². The monoisotopic (exact) mass is 297 g/mol. The quantitative estimate of drug-likeness (QED) is 0.804. The topological polar surface area (TPSA) is 29.5 Å². The summed E-state index contributed by atoms with van der Waals surface area (Å²) >= 11 is 0. The van der Waals surface area contributed by atoms with Crippen LogP contribution >= 0.6 is 0 Å². The van der Waals surface area contributed by atoms with E-state index < -0.39 is 0 Å². The van der Waals surface area contributed by atoms with Crippen LogP contribution in [0.1, 0.15) is 36.7 Å². The predicted octanol–water partition coefficient (Wildman–Crippen LogP) is 3.61. The van der Waals surface area contributed by atoms with Crippen LogP contribution in [0.5, 0.6) is 0 Å². The minimum Gasteiger partial charge on any atom is -0.378 e. The highest BCUT2D eigenvalue weighted by atomic mass is 16.5. The fourth-order valence-electron chi connectivity index (χ4n) is 2.79.